The van der Waals surface area contributed by atoms with Crippen LogP contribution in [0.4, 0.5) is 0 Å². The Morgan fingerprint density at radius 2 is 1.78 bits per heavy atom. The fraction of sp³-hybridized carbons (Fsp3) is 0.707. The molecule has 6 rings (SSSR count). The number of carbonyl (C=O) groups is 4. The van der Waals surface area contributed by atoms with Crippen molar-refractivity contribution in [2.75, 3.05) is 19.8 Å². The van der Waals surface area contributed by atoms with E-state index in [1.807, 2.05) is 13.0 Å². The summed E-state index contributed by atoms with van der Waals surface area (Å²) in [6.07, 6.45) is 7.56. The van der Waals surface area contributed by atoms with Crippen molar-refractivity contribution in [3.63, 3.8) is 0 Å². The Balaban J connectivity index is 0.996. The second kappa shape index (κ2) is 14.3. The summed E-state index contributed by atoms with van der Waals surface area (Å²) in [5.74, 6) is -0.747. The number of nitrogens with one attached hydrogen (secondary N) is 1. The van der Waals surface area contributed by atoms with Crippen LogP contribution in [0.1, 0.15) is 110 Å². The molecule has 0 unspecified atom stereocenters. The van der Waals surface area contributed by atoms with Gasteiger partial charge in [0.25, 0.3) is 0 Å². The number of ketones is 2. The Labute approximate surface area is 296 Å². The number of Topliss-reactive ketones (excluding diaryl/α,β-unsaturated/α-hetero) is 1. The zero-order valence-electron chi connectivity index (χ0n) is 30.4. The van der Waals surface area contributed by atoms with Gasteiger partial charge in [-0.3, -0.25) is 19.2 Å². The normalized spacial score (nSPS) is 38.0. The number of hydrogen-bond acceptors (Lipinski definition) is 8. The van der Waals surface area contributed by atoms with Gasteiger partial charge in [0.2, 0.25) is 11.7 Å². The molecule has 1 heterocycles. The van der Waals surface area contributed by atoms with Crippen LogP contribution in [0.3, 0.4) is 0 Å². The Morgan fingerprint density at radius 1 is 1.02 bits per heavy atom. The number of carbonyl (C=O) groups excluding carboxylic acids is 4. The van der Waals surface area contributed by atoms with Crippen LogP contribution in [0.25, 0.3) is 0 Å². The maximum Gasteiger partial charge on any atom is 0.306 e. The van der Waals surface area contributed by atoms with E-state index in [0.717, 1.165) is 44.1 Å². The zero-order valence-corrected chi connectivity index (χ0v) is 30.4. The van der Waals surface area contributed by atoms with Crippen LogP contribution >= 0.6 is 0 Å². The topological polar surface area (TPSA) is 139 Å². The standard InChI is InChI=1S/C41H57NO8/c1-26(2)33-24-40(19-21-49-33,27-8-6-5-7-9-27)18-20-42-35(46)12-13-36(47)50-25-34(45)41(48)17-15-31-30-11-10-28-22-29(43)14-16-38(28,3)37(30)32(44)23-39(31,41)4/h5-9,22,26,30-33,37,44,48H,10-21,23-25H2,1-4H3,(H,42,46)/t30-,31+,32-,33+,37-,38-,39-,40+,41+/m0/s1. The third kappa shape index (κ3) is 6.63. The lowest BCUT2D eigenvalue weighted by Gasteiger charge is -2.60. The van der Waals surface area contributed by atoms with Crippen molar-refractivity contribution in [2.24, 2.45) is 34.5 Å². The fourth-order valence-electron chi connectivity index (χ4n) is 11.0. The smallest absolute Gasteiger partial charge is 0.306 e. The molecule has 0 bridgehead atoms. The van der Waals surface area contributed by atoms with Crippen LogP contribution < -0.4 is 5.32 Å². The second-order valence-corrected chi connectivity index (χ2v) is 16.9. The van der Waals surface area contributed by atoms with Gasteiger partial charge in [-0.2, -0.15) is 0 Å². The van der Waals surface area contributed by atoms with Gasteiger partial charge in [-0.1, -0.05) is 63.6 Å². The van der Waals surface area contributed by atoms with E-state index in [2.05, 4.69) is 50.4 Å². The highest BCUT2D eigenvalue weighted by atomic mass is 16.5. The van der Waals surface area contributed by atoms with Gasteiger partial charge in [-0.25, -0.2) is 0 Å². The summed E-state index contributed by atoms with van der Waals surface area (Å²) >= 11 is 0. The highest BCUT2D eigenvalue weighted by molar-refractivity contribution is 5.92. The Kier molecular flexibility index (Phi) is 10.5. The zero-order chi connectivity index (χ0) is 35.9. The summed E-state index contributed by atoms with van der Waals surface area (Å²) in [4.78, 5) is 51.3. The number of hydrogen-bond donors (Lipinski definition) is 3. The van der Waals surface area contributed by atoms with Crippen molar-refractivity contribution >= 4 is 23.4 Å². The molecule has 1 amide bonds. The van der Waals surface area contributed by atoms with Crippen LogP contribution in [-0.2, 0) is 34.1 Å². The number of amides is 1. The van der Waals surface area contributed by atoms with E-state index in [0.29, 0.717) is 31.9 Å². The third-order valence-corrected chi connectivity index (χ3v) is 14.0. The van der Waals surface area contributed by atoms with E-state index in [1.165, 1.54) is 5.56 Å². The number of benzene rings is 1. The summed E-state index contributed by atoms with van der Waals surface area (Å²) in [7, 11) is 0. The molecule has 1 aromatic carbocycles. The summed E-state index contributed by atoms with van der Waals surface area (Å²) in [5, 5.41) is 26.6. The van der Waals surface area contributed by atoms with Crippen molar-refractivity contribution < 1.29 is 38.9 Å². The van der Waals surface area contributed by atoms with Crippen molar-refractivity contribution in [3.8, 4) is 0 Å². The lowest BCUT2D eigenvalue weighted by molar-refractivity contribution is -0.184. The van der Waals surface area contributed by atoms with Gasteiger partial charge in [0.1, 0.15) is 5.60 Å². The first-order chi connectivity index (χ1) is 23.7. The summed E-state index contributed by atoms with van der Waals surface area (Å²) in [6.45, 7) is 9.02. The SMILES string of the molecule is CC(C)[C@H]1C[C@](CCNC(=O)CCC(=O)OCC(=O)[C@]2(O)CC[C@@H]3[C@@H]4CCC5=CC(=O)CC[C@]5(C)[C@@H]4[C@@H](O)C[C@@]32C)(c2ccccc2)CCO1. The molecular weight excluding hydrogens is 634 g/mol. The maximum absolute atomic E-state index is 13.6. The third-order valence-electron chi connectivity index (χ3n) is 14.0. The number of rotatable bonds is 11. The van der Waals surface area contributed by atoms with Gasteiger partial charge in [-0.05, 0) is 98.5 Å². The number of aliphatic hydroxyl groups excluding tert-OH is 1. The summed E-state index contributed by atoms with van der Waals surface area (Å²) in [6, 6.07) is 10.4. The Hall–Kier alpha value is -2.88. The van der Waals surface area contributed by atoms with E-state index < -0.39 is 35.5 Å². The summed E-state index contributed by atoms with van der Waals surface area (Å²) < 4.78 is 11.4. The first-order valence-corrected chi connectivity index (χ1v) is 19.0. The molecule has 0 aromatic heterocycles. The van der Waals surface area contributed by atoms with Crippen LogP contribution in [0, 0.1) is 34.5 Å². The van der Waals surface area contributed by atoms with Crippen LogP contribution in [0.5, 0.6) is 0 Å². The molecule has 1 aliphatic heterocycles. The number of fused-ring (bicyclic) bond motifs is 5. The highest BCUT2D eigenvalue weighted by Crippen LogP contribution is 2.67. The van der Waals surface area contributed by atoms with Gasteiger partial charge in [-0.15, -0.1) is 0 Å². The average Bonchev–Trinajstić information content (AvgIpc) is 3.37. The molecule has 3 N–H and O–H groups in total. The molecule has 9 nitrogen and oxygen atoms in total. The minimum atomic E-state index is -1.71. The molecule has 3 saturated carbocycles. The number of aliphatic hydroxyl groups is 2. The van der Waals surface area contributed by atoms with Crippen LogP contribution in [0.2, 0.25) is 0 Å². The molecule has 4 aliphatic carbocycles. The maximum atomic E-state index is 13.6. The number of ether oxygens (including phenoxy) is 2. The van der Waals surface area contributed by atoms with Gasteiger partial charge < -0.3 is 25.0 Å². The van der Waals surface area contributed by atoms with Crippen LogP contribution in [0.15, 0.2) is 42.0 Å². The molecule has 9 atom stereocenters. The van der Waals surface area contributed by atoms with Crippen LogP contribution in [-0.4, -0.2) is 71.2 Å². The Bertz CT molecular complexity index is 1490. The molecule has 50 heavy (non-hydrogen) atoms. The minimum absolute atomic E-state index is 0.0207. The molecule has 1 aromatic rings. The number of esters is 1. The van der Waals surface area contributed by atoms with Crippen molar-refractivity contribution in [1.82, 2.24) is 5.32 Å². The van der Waals surface area contributed by atoms with Gasteiger partial charge in [0, 0.05) is 36.8 Å². The summed E-state index contributed by atoms with van der Waals surface area (Å²) in [5.41, 5.74) is -0.529. The monoisotopic (exact) mass is 691 g/mol. The van der Waals surface area contributed by atoms with E-state index in [9.17, 15) is 29.4 Å². The van der Waals surface area contributed by atoms with E-state index in [4.69, 9.17) is 9.47 Å². The largest absolute Gasteiger partial charge is 0.458 e. The quantitative estimate of drug-likeness (QED) is 0.263. The second-order valence-electron chi connectivity index (χ2n) is 16.9. The molecular formula is C41H57NO8. The average molecular weight is 692 g/mol. The Morgan fingerprint density at radius 3 is 2.52 bits per heavy atom. The van der Waals surface area contributed by atoms with E-state index >= 15 is 0 Å². The lowest BCUT2D eigenvalue weighted by atomic mass is 9.45. The van der Waals surface area contributed by atoms with Gasteiger partial charge in [0.15, 0.2) is 12.4 Å². The van der Waals surface area contributed by atoms with Crippen molar-refractivity contribution in [1.29, 1.82) is 0 Å². The first kappa shape index (κ1) is 36.9. The van der Waals surface area contributed by atoms with Gasteiger partial charge in [0.05, 0.1) is 18.6 Å². The van der Waals surface area contributed by atoms with Crippen molar-refractivity contribution in [2.45, 2.75) is 128 Å². The molecule has 1 saturated heterocycles. The van der Waals surface area contributed by atoms with Crippen molar-refractivity contribution in [3.05, 3.63) is 47.5 Å². The molecule has 0 spiro atoms. The lowest BCUT2D eigenvalue weighted by Crippen LogP contribution is -2.62. The molecule has 0 radical (unpaired) electrons. The van der Waals surface area contributed by atoms with Gasteiger partial charge >= 0.3 is 5.97 Å². The predicted octanol–water partition coefficient (Wildman–Crippen LogP) is 5.39. The van der Waals surface area contributed by atoms with E-state index in [-0.39, 0.29) is 72.1 Å². The molecule has 274 valence electrons. The van der Waals surface area contributed by atoms with E-state index in [1.54, 1.807) is 6.08 Å². The highest BCUT2D eigenvalue weighted by Gasteiger charge is 2.68. The number of allylic oxidation sites excluding steroid dienone is 1. The predicted molar refractivity (Wildman–Crippen MR) is 188 cm³/mol. The minimum Gasteiger partial charge on any atom is -0.458 e. The molecule has 9 heteroatoms. The fourth-order valence-corrected chi connectivity index (χ4v) is 11.0. The molecule has 5 aliphatic rings. The molecule has 4 fully saturated rings. The first-order valence-electron chi connectivity index (χ1n) is 19.0.